The lowest BCUT2D eigenvalue weighted by molar-refractivity contribution is 0.281. The van der Waals surface area contributed by atoms with Crippen molar-refractivity contribution in [3.8, 4) is 5.75 Å². The fourth-order valence-corrected chi connectivity index (χ4v) is 3.61. The molecule has 6 heteroatoms. The minimum Gasteiger partial charge on any atom is -0.495 e. The molecule has 1 N–H and O–H groups in total. The van der Waals surface area contributed by atoms with Gasteiger partial charge < -0.3 is 9.84 Å². The van der Waals surface area contributed by atoms with Gasteiger partial charge in [-0.15, -0.1) is 0 Å². The maximum absolute atomic E-state index is 12.7. The Morgan fingerprint density at radius 2 is 2.05 bits per heavy atom. The smallest absolute Gasteiger partial charge is 0.246 e. The summed E-state index contributed by atoms with van der Waals surface area (Å²) in [6, 6.07) is 4.58. The number of hydrogen-bond acceptors (Lipinski definition) is 4. The minimum atomic E-state index is -3.64. The molecular formula is C14H23NO4S. The van der Waals surface area contributed by atoms with E-state index >= 15 is 0 Å². The Morgan fingerprint density at radius 1 is 1.40 bits per heavy atom. The van der Waals surface area contributed by atoms with Crippen LogP contribution in [0, 0.1) is 0 Å². The molecule has 5 nitrogen and oxygen atoms in total. The Bertz CT molecular complexity index is 542. The van der Waals surface area contributed by atoms with Crippen molar-refractivity contribution in [1.29, 1.82) is 0 Å². The second-order valence-corrected chi connectivity index (χ2v) is 6.77. The number of hydrogen-bond donors (Lipinski definition) is 1. The van der Waals surface area contributed by atoms with Crippen LogP contribution in [0.3, 0.4) is 0 Å². The number of aliphatic hydroxyl groups excluding tert-OH is 1. The first kappa shape index (κ1) is 16.9. The van der Waals surface area contributed by atoms with Crippen LogP contribution in [-0.2, 0) is 16.6 Å². The van der Waals surface area contributed by atoms with E-state index in [-0.39, 0.29) is 23.3 Å². The van der Waals surface area contributed by atoms with Gasteiger partial charge in [0.05, 0.1) is 13.7 Å². The minimum absolute atomic E-state index is 0.0903. The highest BCUT2D eigenvalue weighted by atomic mass is 32.2. The summed E-state index contributed by atoms with van der Waals surface area (Å²) in [6.07, 6.45) is 1.70. The monoisotopic (exact) mass is 301 g/mol. The number of nitrogens with zero attached hydrogens (tertiary/aromatic N) is 1. The summed E-state index contributed by atoms with van der Waals surface area (Å²) < 4.78 is 31.8. The molecule has 20 heavy (non-hydrogen) atoms. The number of ether oxygens (including phenoxy) is 1. The molecule has 114 valence electrons. The molecule has 0 amide bonds. The summed E-state index contributed by atoms with van der Waals surface area (Å²) in [5.41, 5.74) is 0.543. The van der Waals surface area contributed by atoms with Crippen LogP contribution >= 0.6 is 0 Å². The molecule has 0 aliphatic carbocycles. The zero-order valence-corrected chi connectivity index (χ0v) is 13.3. The molecule has 0 aliphatic heterocycles. The molecule has 0 aliphatic rings. The van der Waals surface area contributed by atoms with Crippen molar-refractivity contribution in [3.05, 3.63) is 23.8 Å². The molecular weight excluding hydrogens is 278 g/mol. The molecule has 0 saturated carbocycles. The molecule has 1 aromatic rings. The lowest BCUT2D eigenvalue weighted by Gasteiger charge is -2.25. The topological polar surface area (TPSA) is 66.8 Å². The molecule has 0 saturated heterocycles. The van der Waals surface area contributed by atoms with Gasteiger partial charge >= 0.3 is 0 Å². The number of rotatable bonds is 7. The molecule has 1 aromatic carbocycles. The summed E-state index contributed by atoms with van der Waals surface area (Å²) in [6.45, 7) is 3.69. The lowest BCUT2D eigenvalue weighted by atomic mass is 10.2. The number of aliphatic hydroxyl groups is 1. The highest BCUT2D eigenvalue weighted by Crippen LogP contribution is 2.28. The molecule has 0 radical (unpaired) electrons. The maximum atomic E-state index is 12.7. The van der Waals surface area contributed by atoms with Gasteiger partial charge in [-0.2, -0.15) is 4.31 Å². The van der Waals surface area contributed by atoms with Gasteiger partial charge in [0.1, 0.15) is 10.6 Å². The van der Waals surface area contributed by atoms with E-state index < -0.39 is 10.0 Å². The van der Waals surface area contributed by atoms with E-state index in [0.717, 1.165) is 12.8 Å². The van der Waals surface area contributed by atoms with Gasteiger partial charge in [-0.25, -0.2) is 8.42 Å². The first-order valence-electron chi connectivity index (χ1n) is 6.64. The van der Waals surface area contributed by atoms with E-state index in [2.05, 4.69) is 0 Å². The Kier molecular flexibility index (Phi) is 5.98. The third-order valence-electron chi connectivity index (χ3n) is 3.39. The molecule has 1 unspecified atom stereocenters. The lowest BCUT2D eigenvalue weighted by Crippen LogP contribution is -2.35. The van der Waals surface area contributed by atoms with Gasteiger partial charge in [0.2, 0.25) is 10.0 Å². The summed E-state index contributed by atoms with van der Waals surface area (Å²) >= 11 is 0. The Hall–Kier alpha value is -1.11. The van der Waals surface area contributed by atoms with Gasteiger partial charge in [0.15, 0.2) is 0 Å². The van der Waals surface area contributed by atoms with Crippen LogP contribution in [0.2, 0.25) is 0 Å². The zero-order valence-electron chi connectivity index (χ0n) is 12.5. The second kappa shape index (κ2) is 7.06. The zero-order chi connectivity index (χ0) is 15.3. The Morgan fingerprint density at radius 3 is 2.55 bits per heavy atom. The van der Waals surface area contributed by atoms with Crippen LogP contribution in [0.15, 0.2) is 23.1 Å². The van der Waals surface area contributed by atoms with E-state index in [1.807, 2.05) is 13.8 Å². The fourth-order valence-electron chi connectivity index (χ4n) is 2.01. The van der Waals surface area contributed by atoms with E-state index in [1.165, 1.54) is 17.5 Å². The van der Waals surface area contributed by atoms with Crippen LogP contribution in [0.25, 0.3) is 0 Å². The van der Waals surface area contributed by atoms with Crippen LogP contribution in [0.5, 0.6) is 5.75 Å². The average molecular weight is 301 g/mol. The van der Waals surface area contributed by atoms with Gasteiger partial charge in [-0.1, -0.05) is 19.4 Å². The molecule has 0 aromatic heterocycles. The number of methoxy groups -OCH3 is 1. The number of benzene rings is 1. The number of sulfonamides is 1. The van der Waals surface area contributed by atoms with Crippen molar-refractivity contribution in [3.63, 3.8) is 0 Å². The van der Waals surface area contributed by atoms with Crippen LogP contribution in [-0.4, -0.2) is 38.0 Å². The first-order valence-corrected chi connectivity index (χ1v) is 8.08. The van der Waals surface area contributed by atoms with Crippen molar-refractivity contribution in [2.24, 2.45) is 0 Å². The van der Waals surface area contributed by atoms with E-state index in [0.29, 0.717) is 5.56 Å². The van der Waals surface area contributed by atoms with E-state index in [9.17, 15) is 13.5 Å². The summed E-state index contributed by atoms with van der Waals surface area (Å²) in [4.78, 5) is 0.0944. The van der Waals surface area contributed by atoms with Crippen LogP contribution in [0.4, 0.5) is 0 Å². The quantitative estimate of drug-likeness (QED) is 0.836. The highest BCUT2D eigenvalue weighted by Gasteiger charge is 2.28. The summed E-state index contributed by atoms with van der Waals surface area (Å²) in [7, 11) is -0.635. The van der Waals surface area contributed by atoms with Gasteiger partial charge in [-0.05, 0) is 31.0 Å². The van der Waals surface area contributed by atoms with Crippen molar-refractivity contribution in [2.45, 2.75) is 44.2 Å². The van der Waals surface area contributed by atoms with Crippen molar-refractivity contribution < 1.29 is 18.3 Å². The van der Waals surface area contributed by atoms with Crippen molar-refractivity contribution in [1.82, 2.24) is 4.31 Å². The Balaban J connectivity index is 3.26. The second-order valence-electron chi connectivity index (χ2n) is 4.80. The molecule has 0 fully saturated rings. The predicted octanol–water partition coefficient (Wildman–Crippen LogP) is 2.00. The maximum Gasteiger partial charge on any atom is 0.246 e. The van der Waals surface area contributed by atoms with E-state index in [1.54, 1.807) is 19.2 Å². The van der Waals surface area contributed by atoms with Gasteiger partial charge in [0.25, 0.3) is 0 Å². The molecule has 0 spiro atoms. The third-order valence-corrected chi connectivity index (χ3v) is 5.39. The molecule has 1 atom stereocenters. The molecule has 1 rings (SSSR count). The van der Waals surface area contributed by atoms with Crippen molar-refractivity contribution in [2.75, 3.05) is 14.2 Å². The first-order chi connectivity index (χ1) is 9.38. The summed E-state index contributed by atoms with van der Waals surface area (Å²) in [5, 5.41) is 9.17. The normalized spacial score (nSPS) is 13.5. The average Bonchev–Trinajstić information content (AvgIpc) is 2.45. The largest absolute Gasteiger partial charge is 0.495 e. The summed E-state index contributed by atoms with van der Waals surface area (Å²) in [5.74, 6) is 0.290. The van der Waals surface area contributed by atoms with Crippen molar-refractivity contribution >= 4 is 10.0 Å². The highest BCUT2D eigenvalue weighted by molar-refractivity contribution is 7.89. The SMILES string of the molecule is CCCC(C)N(C)S(=O)(=O)c1cc(CO)ccc1OC. The van der Waals surface area contributed by atoms with Crippen LogP contribution in [0.1, 0.15) is 32.3 Å². The fraction of sp³-hybridized carbons (Fsp3) is 0.571. The third kappa shape index (κ3) is 3.50. The van der Waals surface area contributed by atoms with E-state index in [4.69, 9.17) is 4.74 Å². The molecule has 0 bridgehead atoms. The predicted molar refractivity (Wildman–Crippen MR) is 78.2 cm³/mol. The van der Waals surface area contributed by atoms with Gasteiger partial charge in [-0.3, -0.25) is 0 Å². The Labute approximate surface area is 121 Å². The van der Waals surface area contributed by atoms with Gasteiger partial charge in [0, 0.05) is 13.1 Å². The molecule has 0 heterocycles. The standard InChI is InChI=1S/C14H23NO4S/c1-5-6-11(2)15(3)20(17,18)14-9-12(10-16)7-8-13(14)19-4/h7-9,11,16H,5-6,10H2,1-4H3. The van der Waals surface area contributed by atoms with Crippen LogP contribution < -0.4 is 4.74 Å².